The number of allylic oxidation sites excluding steroid dienone is 4. The molecule has 0 fully saturated rings. The first-order valence-electron chi connectivity index (χ1n) is 9.06. The van der Waals surface area contributed by atoms with Gasteiger partial charge in [0.1, 0.15) is 0 Å². The van der Waals surface area contributed by atoms with Crippen molar-refractivity contribution in [3.63, 3.8) is 0 Å². The lowest BCUT2D eigenvalue weighted by atomic mass is 9.54. The van der Waals surface area contributed by atoms with Crippen molar-refractivity contribution < 1.29 is 10.2 Å². The Labute approximate surface area is 146 Å². The Bertz CT molecular complexity index is 592. The standard InChI is InChI=1S/C22H32O2/c1-6-18-15-11-12-16-22(18,7-2)19(17-13-9-8-10-14-17)21(5,24)20(3,4)23/h8-16,18-19,23-24H,6-7H2,1-5H3. The predicted octanol–water partition coefficient (Wildman–Crippen LogP) is 4.84. The monoisotopic (exact) mass is 328 g/mol. The first kappa shape index (κ1) is 19.0. The zero-order valence-corrected chi connectivity index (χ0v) is 15.7. The molecule has 4 atom stereocenters. The lowest BCUT2D eigenvalue weighted by Gasteiger charge is -2.53. The summed E-state index contributed by atoms with van der Waals surface area (Å²) in [5, 5.41) is 22.3. The van der Waals surface area contributed by atoms with Crippen LogP contribution in [0.5, 0.6) is 0 Å². The largest absolute Gasteiger partial charge is 0.387 e. The third-order valence-electron chi connectivity index (χ3n) is 6.07. The topological polar surface area (TPSA) is 40.5 Å². The molecule has 2 N–H and O–H groups in total. The lowest BCUT2D eigenvalue weighted by molar-refractivity contribution is -0.156. The quantitative estimate of drug-likeness (QED) is 0.784. The predicted molar refractivity (Wildman–Crippen MR) is 101 cm³/mol. The van der Waals surface area contributed by atoms with Gasteiger partial charge < -0.3 is 10.2 Å². The Morgan fingerprint density at radius 1 is 1.04 bits per heavy atom. The van der Waals surface area contributed by atoms with Crippen LogP contribution in [0, 0.1) is 11.3 Å². The van der Waals surface area contributed by atoms with Crippen molar-refractivity contribution in [1.82, 2.24) is 0 Å². The van der Waals surface area contributed by atoms with E-state index >= 15 is 0 Å². The Kier molecular flexibility index (Phi) is 5.41. The van der Waals surface area contributed by atoms with Crippen LogP contribution in [0.2, 0.25) is 0 Å². The van der Waals surface area contributed by atoms with Gasteiger partial charge in [0.15, 0.2) is 0 Å². The molecule has 0 radical (unpaired) electrons. The van der Waals surface area contributed by atoms with Crippen molar-refractivity contribution in [2.45, 2.75) is 64.6 Å². The SMILES string of the molecule is CCC1C=CC=CC1(CC)C(c1ccccc1)C(C)(O)C(C)(C)O. The summed E-state index contributed by atoms with van der Waals surface area (Å²) < 4.78 is 0. The molecule has 1 aromatic carbocycles. The van der Waals surface area contributed by atoms with Crippen molar-refractivity contribution in [2.24, 2.45) is 11.3 Å². The lowest BCUT2D eigenvalue weighted by Crippen LogP contribution is -2.57. The zero-order valence-electron chi connectivity index (χ0n) is 15.7. The Balaban J connectivity index is 2.70. The van der Waals surface area contributed by atoms with Crippen LogP contribution in [0.15, 0.2) is 54.6 Å². The van der Waals surface area contributed by atoms with Crippen LogP contribution in [-0.2, 0) is 0 Å². The van der Waals surface area contributed by atoms with E-state index in [4.69, 9.17) is 0 Å². The van der Waals surface area contributed by atoms with Crippen molar-refractivity contribution in [2.75, 3.05) is 0 Å². The third-order valence-corrected chi connectivity index (χ3v) is 6.07. The molecular formula is C22H32O2. The molecule has 1 aliphatic carbocycles. The first-order valence-corrected chi connectivity index (χ1v) is 9.06. The van der Waals surface area contributed by atoms with Gasteiger partial charge in [-0.2, -0.15) is 0 Å². The third kappa shape index (κ3) is 3.10. The molecule has 2 heteroatoms. The van der Waals surface area contributed by atoms with Gasteiger partial charge in [-0.15, -0.1) is 0 Å². The molecule has 132 valence electrons. The fourth-order valence-corrected chi connectivity index (χ4v) is 4.30. The summed E-state index contributed by atoms with van der Waals surface area (Å²) in [7, 11) is 0. The van der Waals surface area contributed by atoms with E-state index in [9.17, 15) is 10.2 Å². The first-order chi connectivity index (χ1) is 11.2. The van der Waals surface area contributed by atoms with Crippen molar-refractivity contribution in [3.8, 4) is 0 Å². The molecular weight excluding hydrogens is 296 g/mol. The Morgan fingerprint density at radius 3 is 2.17 bits per heavy atom. The molecule has 0 saturated heterocycles. The minimum Gasteiger partial charge on any atom is -0.387 e. The maximum atomic E-state index is 11.5. The summed E-state index contributed by atoms with van der Waals surface area (Å²) >= 11 is 0. The van der Waals surface area contributed by atoms with Gasteiger partial charge in [-0.1, -0.05) is 68.5 Å². The Morgan fingerprint density at radius 2 is 1.67 bits per heavy atom. The number of hydrogen-bond acceptors (Lipinski definition) is 2. The summed E-state index contributed by atoms with van der Waals surface area (Å²) in [6, 6.07) is 10.2. The minimum absolute atomic E-state index is 0.206. The highest BCUT2D eigenvalue weighted by Crippen LogP contribution is 2.56. The van der Waals surface area contributed by atoms with Gasteiger partial charge in [0.25, 0.3) is 0 Å². The van der Waals surface area contributed by atoms with Crippen molar-refractivity contribution in [3.05, 3.63) is 60.2 Å². The van der Waals surface area contributed by atoms with Gasteiger partial charge in [-0.25, -0.2) is 0 Å². The molecule has 0 spiro atoms. The van der Waals surface area contributed by atoms with E-state index in [0.717, 1.165) is 18.4 Å². The van der Waals surface area contributed by atoms with E-state index in [0.29, 0.717) is 5.92 Å². The molecule has 1 aromatic rings. The summed E-state index contributed by atoms with van der Waals surface area (Å²) in [6.07, 6.45) is 10.6. The van der Waals surface area contributed by atoms with Gasteiger partial charge in [-0.3, -0.25) is 0 Å². The smallest absolute Gasteiger partial charge is 0.0976 e. The van der Waals surface area contributed by atoms with Gasteiger partial charge in [0.2, 0.25) is 0 Å². The van der Waals surface area contributed by atoms with E-state index in [-0.39, 0.29) is 11.3 Å². The fourth-order valence-electron chi connectivity index (χ4n) is 4.30. The molecule has 2 nitrogen and oxygen atoms in total. The van der Waals surface area contributed by atoms with Crippen LogP contribution in [0.3, 0.4) is 0 Å². The summed E-state index contributed by atoms with van der Waals surface area (Å²) in [5.74, 6) is 0.119. The molecule has 0 aromatic heterocycles. The van der Waals surface area contributed by atoms with Crippen LogP contribution in [0.1, 0.15) is 58.9 Å². The van der Waals surface area contributed by atoms with Crippen molar-refractivity contribution >= 4 is 0 Å². The van der Waals surface area contributed by atoms with E-state index in [1.807, 2.05) is 18.2 Å². The highest BCUT2D eigenvalue weighted by Gasteiger charge is 2.55. The Hall–Kier alpha value is -1.38. The van der Waals surface area contributed by atoms with Gasteiger partial charge in [-0.05, 0) is 45.1 Å². The highest BCUT2D eigenvalue weighted by molar-refractivity contribution is 5.34. The number of hydrogen-bond donors (Lipinski definition) is 2. The average molecular weight is 328 g/mol. The molecule has 4 unspecified atom stereocenters. The average Bonchev–Trinajstić information content (AvgIpc) is 2.55. The number of aliphatic hydroxyl groups is 2. The second-order valence-electron chi connectivity index (χ2n) is 7.77. The normalized spacial score (nSPS) is 27.7. The van der Waals surface area contributed by atoms with Crippen LogP contribution >= 0.6 is 0 Å². The molecule has 1 aliphatic rings. The maximum absolute atomic E-state index is 11.5. The fraction of sp³-hybridized carbons (Fsp3) is 0.545. The zero-order chi connectivity index (χ0) is 18.0. The molecule has 0 bridgehead atoms. The van der Waals surface area contributed by atoms with Crippen LogP contribution in [-0.4, -0.2) is 21.4 Å². The van der Waals surface area contributed by atoms with E-state index in [1.165, 1.54) is 0 Å². The molecule has 0 amide bonds. The minimum atomic E-state index is -1.27. The summed E-state index contributed by atoms with van der Waals surface area (Å²) in [6.45, 7) is 9.56. The molecule has 0 aliphatic heterocycles. The van der Waals surface area contributed by atoms with Gasteiger partial charge in [0.05, 0.1) is 11.2 Å². The van der Waals surface area contributed by atoms with Crippen LogP contribution in [0.25, 0.3) is 0 Å². The molecule has 24 heavy (non-hydrogen) atoms. The number of benzene rings is 1. The second-order valence-corrected chi connectivity index (χ2v) is 7.77. The van der Waals surface area contributed by atoms with Crippen LogP contribution in [0.4, 0.5) is 0 Å². The van der Waals surface area contributed by atoms with E-state index in [2.05, 4.69) is 50.3 Å². The van der Waals surface area contributed by atoms with Gasteiger partial charge in [0, 0.05) is 11.3 Å². The second kappa shape index (κ2) is 6.85. The summed E-state index contributed by atoms with van der Waals surface area (Å²) in [4.78, 5) is 0. The van der Waals surface area contributed by atoms with Crippen molar-refractivity contribution in [1.29, 1.82) is 0 Å². The highest BCUT2D eigenvalue weighted by atomic mass is 16.4. The molecule has 0 heterocycles. The molecule has 0 saturated carbocycles. The number of rotatable bonds is 6. The maximum Gasteiger partial charge on any atom is 0.0976 e. The van der Waals surface area contributed by atoms with Gasteiger partial charge >= 0.3 is 0 Å². The van der Waals surface area contributed by atoms with E-state index < -0.39 is 11.2 Å². The van der Waals surface area contributed by atoms with E-state index in [1.54, 1.807) is 20.8 Å². The van der Waals surface area contributed by atoms with Crippen LogP contribution < -0.4 is 0 Å². The summed E-state index contributed by atoms with van der Waals surface area (Å²) in [5.41, 5.74) is -1.64. The molecule has 2 rings (SSSR count).